The van der Waals surface area contributed by atoms with E-state index in [1.165, 1.54) is 63.0 Å². The topological polar surface area (TPSA) is 15.3 Å². The predicted octanol–water partition coefficient (Wildman–Crippen LogP) is 5.39. The van der Waals surface area contributed by atoms with Gasteiger partial charge in [-0.2, -0.15) is 13.2 Å². The predicted molar refractivity (Wildman–Crippen MR) is 108 cm³/mol. The first-order chi connectivity index (χ1) is 13.4. The maximum atomic E-state index is 12.7. The molecular weight excluding hydrogens is 361 g/mol. The molecule has 2 atom stereocenters. The van der Waals surface area contributed by atoms with E-state index >= 15 is 0 Å². The average Bonchev–Trinajstić information content (AvgIpc) is 3.17. The van der Waals surface area contributed by atoms with Crippen molar-refractivity contribution in [2.75, 3.05) is 32.7 Å². The van der Waals surface area contributed by atoms with Gasteiger partial charge in [-0.25, -0.2) is 0 Å². The molecule has 28 heavy (non-hydrogen) atoms. The third-order valence-corrected chi connectivity index (χ3v) is 5.79. The van der Waals surface area contributed by atoms with E-state index in [0.717, 1.165) is 18.7 Å². The quantitative estimate of drug-likeness (QED) is 0.597. The van der Waals surface area contributed by atoms with Gasteiger partial charge in [0.25, 0.3) is 0 Å². The van der Waals surface area contributed by atoms with Gasteiger partial charge in [-0.1, -0.05) is 37.3 Å². The van der Waals surface area contributed by atoms with E-state index in [9.17, 15) is 13.2 Å². The number of hydrogen-bond acceptors (Lipinski definition) is 2. The Labute approximate surface area is 166 Å². The van der Waals surface area contributed by atoms with Gasteiger partial charge in [-0.05, 0) is 81.0 Å². The number of allylic oxidation sites excluding steroid dienone is 2. The van der Waals surface area contributed by atoms with Crippen molar-refractivity contribution in [3.05, 3.63) is 59.2 Å². The summed E-state index contributed by atoms with van der Waals surface area (Å²) in [6.07, 6.45) is 7.33. The van der Waals surface area contributed by atoms with Crippen LogP contribution in [0.3, 0.4) is 0 Å². The van der Waals surface area contributed by atoms with Gasteiger partial charge in [0.2, 0.25) is 0 Å². The molecule has 0 amide bonds. The third kappa shape index (κ3) is 5.95. The molecule has 1 aliphatic heterocycles. The highest BCUT2D eigenvalue weighted by atomic mass is 19.4. The van der Waals surface area contributed by atoms with E-state index in [0.29, 0.717) is 0 Å². The lowest BCUT2D eigenvalue weighted by molar-refractivity contribution is -0.137. The van der Waals surface area contributed by atoms with Gasteiger partial charge in [0.15, 0.2) is 0 Å². The van der Waals surface area contributed by atoms with E-state index in [2.05, 4.69) is 35.4 Å². The first-order valence-electron chi connectivity index (χ1n) is 10.4. The third-order valence-electron chi connectivity index (χ3n) is 5.79. The molecule has 2 nitrogen and oxygen atoms in total. The lowest BCUT2D eigenvalue weighted by atomic mass is 9.82. The molecule has 2 aliphatic rings. The molecule has 1 saturated heterocycles. The Kier molecular flexibility index (Phi) is 7.36. The zero-order chi connectivity index (χ0) is 20.0. The zero-order valence-corrected chi connectivity index (χ0v) is 16.6. The van der Waals surface area contributed by atoms with Gasteiger partial charge >= 0.3 is 6.18 Å². The minimum absolute atomic E-state index is 0.131. The molecule has 154 valence electrons. The van der Waals surface area contributed by atoms with E-state index in [1.807, 2.05) is 0 Å². The minimum Gasteiger partial charge on any atom is -0.313 e. The summed E-state index contributed by atoms with van der Waals surface area (Å²) < 4.78 is 38.2. The molecule has 1 fully saturated rings. The number of nitrogens with zero attached hydrogens (tertiary/aromatic N) is 1. The minimum atomic E-state index is -4.28. The molecule has 1 aromatic carbocycles. The van der Waals surface area contributed by atoms with Crippen LogP contribution in [0.4, 0.5) is 13.2 Å². The van der Waals surface area contributed by atoms with Crippen LogP contribution in [0, 0.1) is 5.92 Å². The highest BCUT2D eigenvalue weighted by Gasteiger charge is 2.30. The van der Waals surface area contributed by atoms with Crippen molar-refractivity contribution in [3.8, 4) is 0 Å². The van der Waals surface area contributed by atoms with Gasteiger partial charge in [0, 0.05) is 12.5 Å². The molecule has 1 N–H and O–H groups in total. The van der Waals surface area contributed by atoms with Crippen LogP contribution in [0.25, 0.3) is 0 Å². The van der Waals surface area contributed by atoms with Crippen LogP contribution < -0.4 is 5.32 Å². The number of unbranched alkanes of at least 4 members (excludes halogenated alkanes) is 1. The van der Waals surface area contributed by atoms with Crippen LogP contribution in [0.5, 0.6) is 0 Å². The molecule has 1 aromatic rings. The van der Waals surface area contributed by atoms with Crippen LogP contribution >= 0.6 is 0 Å². The first-order valence-corrected chi connectivity index (χ1v) is 10.4. The van der Waals surface area contributed by atoms with E-state index in [-0.39, 0.29) is 11.8 Å². The lowest BCUT2D eigenvalue weighted by Crippen LogP contribution is -2.23. The summed E-state index contributed by atoms with van der Waals surface area (Å²) >= 11 is 0. The summed E-state index contributed by atoms with van der Waals surface area (Å²) in [5.41, 5.74) is 1.60. The van der Waals surface area contributed by atoms with Crippen LogP contribution in [0.1, 0.15) is 49.7 Å². The summed E-state index contributed by atoms with van der Waals surface area (Å²) in [6, 6.07) is 5.56. The number of rotatable bonds is 8. The Bertz CT molecular complexity index is 670. The maximum absolute atomic E-state index is 12.7. The highest BCUT2D eigenvalue weighted by molar-refractivity contribution is 5.36. The van der Waals surface area contributed by atoms with Crippen LogP contribution in [-0.4, -0.2) is 37.6 Å². The molecule has 5 heteroatoms. The normalized spacial score (nSPS) is 23.2. The van der Waals surface area contributed by atoms with Crippen molar-refractivity contribution in [2.24, 2.45) is 5.92 Å². The van der Waals surface area contributed by atoms with Crippen molar-refractivity contribution in [3.63, 3.8) is 0 Å². The Morgan fingerprint density at radius 3 is 2.43 bits per heavy atom. The van der Waals surface area contributed by atoms with Crippen molar-refractivity contribution in [2.45, 2.75) is 44.7 Å². The summed E-state index contributed by atoms with van der Waals surface area (Å²) in [4.78, 5) is 2.55. The van der Waals surface area contributed by atoms with E-state index < -0.39 is 11.7 Å². The molecule has 1 heterocycles. The number of benzene rings is 1. The van der Waals surface area contributed by atoms with Crippen LogP contribution in [0.2, 0.25) is 0 Å². The maximum Gasteiger partial charge on any atom is 0.416 e. The molecule has 1 aliphatic carbocycles. The molecule has 0 aromatic heterocycles. The van der Waals surface area contributed by atoms with E-state index in [1.54, 1.807) is 12.1 Å². The molecule has 0 saturated carbocycles. The lowest BCUT2D eigenvalue weighted by Gasteiger charge is -2.24. The second-order valence-corrected chi connectivity index (χ2v) is 8.04. The zero-order valence-electron chi connectivity index (χ0n) is 16.6. The fourth-order valence-electron chi connectivity index (χ4n) is 4.15. The van der Waals surface area contributed by atoms with Gasteiger partial charge in [-0.15, -0.1) is 0 Å². The largest absolute Gasteiger partial charge is 0.416 e. The number of likely N-dealkylation sites (tertiary alicyclic amines) is 1. The first kappa shape index (κ1) is 21.1. The Morgan fingerprint density at radius 1 is 1.07 bits per heavy atom. The summed E-state index contributed by atoms with van der Waals surface area (Å²) in [7, 11) is 0. The fourth-order valence-corrected chi connectivity index (χ4v) is 4.15. The van der Waals surface area contributed by atoms with Crippen LogP contribution in [0.15, 0.2) is 48.1 Å². The van der Waals surface area contributed by atoms with Crippen molar-refractivity contribution in [1.82, 2.24) is 10.2 Å². The Balaban J connectivity index is 1.40. The van der Waals surface area contributed by atoms with Crippen molar-refractivity contribution in [1.29, 1.82) is 0 Å². The van der Waals surface area contributed by atoms with Crippen molar-refractivity contribution >= 4 is 0 Å². The second-order valence-electron chi connectivity index (χ2n) is 8.04. The molecular formula is C23H31F3N2. The smallest absolute Gasteiger partial charge is 0.313 e. The Hall–Kier alpha value is -1.59. The monoisotopic (exact) mass is 392 g/mol. The second kappa shape index (κ2) is 9.75. The van der Waals surface area contributed by atoms with Gasteiger partial charge in [0.1, 0.15) is 0 Å². The molecule has 0 spiro atoms. The molecule has 0 radical (unpaired) electrons. The molecule has 3 rings (SSSR count). The molecule has 2 unspecified atom stereocenters. The average molecular weight is 393 g/mol. The van der Waals surface area contributed by atoms with Crippen molar-refractivity contribution < 1.29 is 13.2 Å². The van der Waals surface area contributed by atoms with Gasteiger partial charge in [-0.3, -0.25) is 0 Å². The number of halogens is 3. The Morgan fingerprint density at radius 2 is 1.79 bits per heavy atom. The summed E-state index contributed by atoms with van der Waals surface area (Å²) in [6.45, 7) is 7.75. The SMILES string of the molecule is CC1C=C(CNCCCCN2CCCC2)C=CC1c1ccc(C(F)(F)F)cc1. The van der Waals surface area contributed by atoms with E-state index in [4.69, 9.17) is 0 Å². The number of hydrogen-bond donors (Lipinski definition) is 1. The summed E-state index contributed by atoms with van der Waals surface area (Å²) in [5.74, 6) is 0.403. The van der Waals surface area contributed by atoms with Gasteiger partial charge in [0.05, 0.1) is 5.56 Å². The van der Waals surface area contributed by atoms with Crippen LogP contribution in [-0.2, 0) is 6.18 Å². The highest BCUT2D eigenvalue weighted by Crippen LogP contribution is 2.34. The fraction of sp³-hybridized carbons (Fsp3) is 0.565. The molecule has 0 bridgehead atoms. The van der Waals surface area contributed by atoms with Gasteiger partial charge < -0.3 is 10.2 Å². The standard InChI is InChI=1S/C23H31F3N2/c1-18-16-19(17-27-12-2-3-13-28-14-4-5-15-28)6-11-22(18)20-7-9-21(10-8-20)23(24,25)26/h6-11,16,18,22,27H,2-5,12-15,17H2,1H3. The number of nitrogens with one attached hydrogen (secondary N) is 1. The summed E-state index contributed by atoms with van der Waals surface area (Å²) in [5, 5.41) is 3.52. The number of alkyl halides is 3.